The summed E-state index contributed by atoms with van der Waals surface area (Å²) in [6.45, 7) is 14.4. The number of hydrogen-bond acceptors (Lipinski definition) is 4. The highest BCUT2D eigenvalue weighted by molar-refractivity contribution is 6.22. The van der Waals surface area contributed by atoms with Crippen LogP contribution < -0.4 is 0 Å². The van der Waals surface area contributed by atoms with E-state index in [1.54, 1.807) is 0 Å². The van der Waals surface area contributed by atoms with Crippen molar-refractivity contribution in [1.29, 1.82) is 0 Å². The van der Waals surface area contributed by atoms with Crippen molar-refractivity contribution >= 4 is 99.4 Å². The molecule has 15 aromatic rings. The van der Waals surface area contributed by atoms with E-state index in [4.69, 9.17) is 17.7 Å². The van der Waals surface area contributed by atoms with Gasteiger partial charge in [-0.2, -0.15) is 0 Å². The number of benzene rings is 11. The molecule has 4 heteroatoms. The maximum atomic E-state index is 6.99. The third-order valence-electron chi connectivity index (χ3n) is 19.5. The number of hydrogen-bond donors (Lipinski definition) is 0. The number of fused-ring (bicyclic) bond motifs is 23. The van der Waals surface area contributed by atoms with Crippen LogP contribution in [0, 0.1) is 0 Å². The summed E-state index contributed by atoms with van der Waals surface area (Å²) in [4.78, 5) is 0. The van der Waals surface area contributed by atoms with Crippen LogP contribution >= 0.6 is 0 Å². The largest absolute Gasteiger partial charge is 0.456 e. The lowest BCUT2D eigenvalue weighted by Gasteiger charge is -2.24. The molecule has 4 nitrogen and oxygen atoms in total. The Bertz CT molecular complexity index is 5400. The minimum atomic E-state index is -0.341. The highest BCUT2D eigenvalue weighted by Gasteiger charge is 2.44. The second-order valence-electron chi connectivity index (χ2n) is 25.0. The van der Waals surface area contributed by atoms with Crippen molar-refractivity contribution in [2.45, 2.75) is 64.2 Å². The third-order valence-corrected chi connectivity index (χ3v) is 19.5. The zero-order valence-electron chi connectivity index (χ0n) is 46.5. The van der Waals surface area contributed by atoms with Crippen molar-refractivity contribution in [2.24, 2.45) is 0 Å². The van der Waals surface area contributed by atoms with Crippen molar-refractivity contribution in [3.8, 4) is 44.5 Å². The smallest absolute Gasteiger partial charge is 0.143 e. The molecular weight excluding hydrogens is 1000 g/mol. The van der Waals surface area contributed by atoms with Gasteiger partial charge in [-0.1, -0.05) is 181 Å². The Balaban J connectivity index is 0.778. The molecule has 0 amide bonds. The Kier molecular flexibility index (Phi) is 8.91. The van der Waals surface area contributed by atoms with Gasteiger partial charge in [-0.3, -0.25) is 0 Å². The zero-order chi connectivity index (χ0) is 54.7. The van der Waals surface area contributed by atoms with Gasteiger partial charge in [0.25, 0.3) is 0 Å². The molecule has 0 unspecified atom stereocenters. The van der Waals surface area contributed by atoms with E-state index in [1.807, 2.05) is 12.1 Å². The van der Waals surface area contributed by atoms with Crippen molar-refractivity contribution in [1.82, 2.24) is 0 Å². The maximum Gasteiger partial charge on any atom is 0.143 e. The van der Waals surface area contributed by atoms with Crippen molar-refractivity contribution in [3.05, 3.63) is 250 Å². The van der Waals surface area contributed by atoms with E-state index in [0.717, 1.165) is 106 Å². The summed E-state index contributed by atoms with van der Waals surface area (Å²) in [6, 6.07) is 73.3. The normalized spacial score (nSPS) is 15.4. The Hall–Kier alpha value is -9.64. The summed E-state index contributed by atoms with van der Waals surface area (Å²) in [7, 11) is 0. The molecule has 0 N–H and O–H groups in total. The average molecular weight is 1060 g/mol. The number of rotatable bonds is 5. The van der Waals surface area contributed by atoms with Crippen molar-refractivity contribution < 1.29 is 17.7 Å². The van der Waals surface area contributed by atoms with Crippen LogP contribution in [0.1, 0.15) is 91.6 Å². The van der Waals surface area contributed by atoms with Crippen LogP contribution in [-0.4, -0.2) is 0 Å². The van der Waals surface area contributed by atoms with E-state index in [2.05, 4.69) is 236 Å². The van der Waals surface area contributed by atoms with Gasteiger partial charge >= 0.3 is 0 Å². The van der Waals surface area contributed by atoms with Crippen LogP contribution in [0.25, 0.3) is 144 Å². The van der Waals surface area contributed by atoms with E-state index in [1.165, 1.54) is 88.7 Å². The molecule has 82 heavy (non-hydrogen) atoms. The molecule has 0 saturated carbocycles. The van der Waals surface area contributed by atoms with E-state index >= 15 is 0 Å². The fourth-order valence-electron chi connectivity index (χ4n) is 15.4. The van der Waals surface area contributed by atoms with Crippen LogP contribution in [0.2, 0.25) is 0 Å². The molecule has 0 spiro atoms. The van der Waals surface area contributed by atoms with E-state index in [-0.39, 0.29) is 16.2 Å². The van der Waals surface area contributed by atoms with Crippen LogP contribution in [0.5, 0.6) is 0 Å². The molecule has 0 aliphatic heterocycles. The second kappa shape index (κ2) is 15.8. The topological polar surface area (TPSA) is 52.6 Å². The summed E-state index contributed by atoms with van der Waals surface area (Å²) in [5, 5.41) is 9.15. The zero-order valence-corrected chi connectivity index (χ0v) is 46.5. The lowest BCUT2D eigenvalue weighted by Crippen LogP contribution is -2.17. The SMILES string of the molecule is CC1(C)c2cc(C/C(=C/c3ccc4c(c3)C(C)(C)c3cc(-c5cccc6oc7ccccc7c56)c5oc6ccccc6c5c3-4)c3ccc4c(c3)oc3ccccc34)ccc2-c2cc3c(cc21)-c1c(ccc2oc4ccccc4c12)C3(C)C. The second-order valence-corrected chi connectivity index (χ2v) is 25.0. The fraction of sp³-hybridized carbons (Fsp3) is 0.128. The first-order chi connectivity index (χ1) is 39.9. The van der Waals surface area contributed by atoms with Gasteiger partial charge < -0.3 is 17.7 Å². The summed E-state index contributed by atoms with van der Waals surface area (Å²) < 4.78 is 26.5. The van der Waals surface area contributed by atoms with Gasteiger partial charge in [-0.05, 0) is 168 Å². The van der Waals surface area contributed by atoms with Crippen LogP contribution in [0.15, 0.2) is 218 Å². The molecule has 0 saturated heterocycles. The van der Waals surface area contributed by atoms with Crippen LogP contribution in [-0.2, 0) is 22.7 Å². The molecule has 4 heterocycles. The standard InChI is InChI=1S/C78H54O4/c1-76(2)57-32-33-68-73(52-18-9-13-23-65(52)80-68)72(57)56-41-60-54(39-61(56)76)46-29-26-42(36-58(46)77(60,3)4)34-45(44-28-31-48-47-16-7-11-21-63(47)81-69(48)38-44)35-43-27-30-50-59(37-43)78(5,6)62-40-55(75-74(71(50)62)53-19-10-14-24-66(53)82-75)49-20-15-25-67-70(49)51-17-8-12-22-64(51)79-67/h7-33,35-41H,34H2,1-6H3/b45-35-. The summed E-state index contributed by atoms with van der Waals surface area (Å²) >= 11 is 0. The van der Waals surface area contributed by atoms with E-state index in [0.29, 0.717) is 0 Å². The molecule has 3 aliphatic carbocycles. The molecule has 390 valence electrons. The van der Waals surface area contributed by atoms with Gasteiger partial charge in [-0.25, -0.2) is 0 Å². The first-order valence-electron chi connectivity index (χ1n) is 28.8. The number of allylic oxidation sites excluding steroid dienone is 1. The number of furan rings is 4. The van der Waals surface area contributed by atoms with Crippen LogP contribution in [0.3, 0.4) is 0 Å². The van der Waals surface area contributed by atoms with Crippen molar-refractivity contribution in [2.75, 3.05) is 0 Å². The lowest BCUT2D eigenvalue weighted by atomic mass is 9.79. The minimum absolute atomic E-state index is 0.177. The van der Waals surface area contributed by atoms with Crippen molar-refractivity contribution in [3.63, 3.8) is 0 Å². The summed E-state index contributed by atoms with van der Waals surface area (Å²) in [5.74, 6) is 0. The molecule has 0 atom stereocenters. The molecule has 0 bridgehead atoms. The van der Waals surface area contributed by atoms with Crippen LogP contribution in [0.4, 0.5) is 0 Å². The predicted molar refractivity (Wildman–Crippen MR) is 338 cm³/mol. The molecule has 0 radical (unpaired) electrons. The Labute approximate surface area is 473 Å². The predicted octanol–water partition coefficient (Wildman–Crippen LogP) is 21.7. The molecular formula is C78H54O4. The summed E-state index contributed by atoms with van der Waals surface area (Å²) in [6.07, 6.45) is 3.16. The first-order valence-corrected chi connectivity index (χ1v) is 28.8. The van der Waals surface area contributed by atoms with E-state index < -0.39 is 0 Å². The van der Waals surface area contributed by atoms with Gasteiger partial charge in [0.05, 0.1) is 0 Å². The summed E-state index contributed by atoms with van der Waals surface area (Å²) in [5.41, 5.74) is 29.3. The Morgan fingerprint density at radius 2 is 0.866 bits per heavy atom. The van der Waals surface area contributed by atoms with E-state index in [9.17, 15) is 0 Å². The minimum Gasteiger partial charge on any atom is -0.456 e. The fourth-order valence-corrected chi connectivity index (χ4v) is 15.4. The quantitative estimate of drug-likeness (QED) is 0.161. The average Bonchev–Trinajstić information content (AvgIpc) is 1.88. The lowest BCUT2D eigenvalue weighted by molar-refractivity contribution is 0.650. The Morgan fingerprint density at radius 3 is 1.63 bits per heavy atom. The molecule has 4 aromatic heterocycles. The van der Waals surface area contributed by atoms with Gasteiger partial charge in [0.2, 0.25) is 0 Å². The molecule has 3 aliphatic rings. The Morgan fingerprint density at radius 1 is 0.329 bits per heavy atom. The van der Waals surface area contributed by atoms with Gasteiger partial charge in [-0.15, -0.1) is 0 Å². The highest BCUT2D eigenvalue weighted by atomic mass is 16.3. The maximum absolute atomic E-state index is 6.99. The molecule has 18 rings (SSSR count). The third kappa shape index (κ3) is 6.06. The first kappa shape index (κ1) is 46.1. The molecule has 11 aromatic carbocycles. The molecule has 0 fully saturated rings. The van der Waals surface area contributed by atoms with Gasteiger partial charge in [0, 0.05) is 64.9 Å². The highest BCUT2D eigenvalue weighted by Crippen LogP contribution is 2.60. The number of para-hydroxylation sites is 4. The van der Waals surface area contributed by atoms with Gasteiger partial charge in [0.15, 0.2) is 0 Å². The van der Waals surface area contributed by atoms with Gasteiger partial charge in [0.1, 0.15) is 44.7 Å². The monoisotopic (exact) mass is 1050 g/mol.